The van der Waals surface area contributed by atoms with E-state index in [0.29, 0.717) is 32.2 Å². The van der Waals surface area contributed by atoms with Gasteiger partial charge in [0.2, 0.25) is 5.89 Å². The molecule has 0 saturated carbocycles. The van der Waals surface area contributed by atoms with E-state index in [1.165, 1.54) is 17.4 Å². The Kier molecular flexibility index (Phi) is 4.45. The molecule has 0 bridgehead atoms. The van der Waals surface area contributed by atoms with Gasteiger partial charge in [0.15, 0.2) is 10.6 Å². The molecule has 8 heteroatoms. The van der Waals surface area contributed by atoms with Crippen molar-refractivity contribution in [2.24, 2.45) is 0 Å². The van der Waals surface area contributed by atoms with Gasteiger partial charge in [-0.3, -0.25) is 4.79 Å². The van der Waals surface area contributed by atoms with Gasteiger partial charge in [-0.15, -0.1) is 0 Å². The van der Waals surface area contributed by atoms with Gasteiger partial charge in [0, 0.05) is 28.3 Å². The van der Waals surface area contributed by atoms with Crippen LogP contribution in [0.2, 0.25) is 0 Å². The van der Waals surface area contributed by atoms with Crippen LogP contribution >= 0.6 is 11.3 Å². The molecule has 1 aliphatic rings. The smallest absolute Gasteiger partial charge is 0.259 e. The maximum absolute atomic E-state index is 13.0. The molecule has 0 amide bonds. The number of nitriles is 3. The van der Waals surface area contributed by atoms with Crippen molar-refractivity contribution in [2.45, 2.75) is 0 Å². The van der Waals surface area contributed by atoms with Crippen LogP contribution < -0.4 is 0 Å². The average molecular weight is 431 g/mol. The van der Waals surface area contributed by atoms with Gasteiger partial charge in [0.1, 0.15) is 22.7 Å². The highest BCUT2D eigenvalue weighted by atomic mass is 32.1. The number of carbonyl (C=O) groups is 1. The van der Waals surface area contributed by atoms with Crippen molar-refractivity contribution in [3.05, 3.63) is 82.3 Å². The van der Waals surface area contributed by atoms with Gasteiger partial charge in [0.05, 0.1) is 11.6 Å². The van der Waals surface area contributed by atoms with Gasteiger partial charge in [-0.1, -0.05) is 47.7 Å². The van der Waals surface area contributed by atoms with Crippen LogP contribution in [0.1, 0.15) is 27.4 Å². The number of benzene rings is 2. The lowest BCUT2D eigenvalue weighted by atomic mass is 9.99. The number of carbonyl (C=O) groups excluding carboxylic acids is 1. The maximum Gasteiger partial charge on any atom is 0.259 e. The van der Waals surface area contributed by atoms with E-state index < -0.39 is 0 Å². The van der Waals surface area contributed by atoms with Crippen LogP contribution in [0.25, 0.3) is 32.8 Å². The first-order valence-corrected chi connectivity index (χ1v) is 10.1. The minimum Gasteiger partial charge on any atom is -0.417 e. The molecule has 0 atom stereocenters. The lowest BCUT2D eigenvalue weighted by molar-refractivity contribution is 0.104. The van der Waals surface area contributed by atoms with Gasteiger partial charge in [-0.2, -0.15) is 25.8 Å². The van der Waals surface area contributed by atoms with Crippen LogP contribution in [0, 0.1) is 34.0 Å². The molecule has 0 unspecified atom stereocenters. The number of fused-ring (bicyclic) bond motifs is 2. The van der Waals surface area contributed by atoms with Crippen LogP contribution in [-0.4, -0.2) is 15.8 Å². The molecule has 0 spiro atoms. The summed E-state index contributed by atoms with van der Waals surface area (Å²) in [5, 5.41) is 28.4. The number of allylic oxidation sites excluding steroid dienone is 3. The summed E-state index contributed by atoms with van der Waals surface area (Å²) in [6.45, 7) is 0. The number of hydrogen-bond donors (Lipinski definition) is 0. The van der Waals surface area contributed by atoms with E-state index in [-0.39, 0.29) is 28.4 Å². The Morgan fingerprint density at radius 3 is 2.34 bits per heavy atom. The summed E-state index contributed by atoms with van der Waals surface area (Å²) in [6, 6.07) is 19.7. The van der Waals surface area contributed by atoms with Crippen molar-refractivity contribution in [1.29, 1.82) is 15.8 Å². The van der Waals surface area contributed by atoms with E-state index in [0.717, 1.165) is 5.56 Å². The number of hydrogen-bond acceptors (Lipinski definition) is 8. The Balaban J connectivity index is 1.58. The van der Waals surface area contributed by atoms with Crippen LogP contribution in [0.4, 0.5) is 0 Å². The molecule has 2 aromatic heterocycles. The first-order chi connectivity index (χ1) is 15.6. The van der Waals surface area contributed by atoms with Crippen molar-refractivity contribution in [2.75, 3.05) is 0 Å². The molecule has 2 aromatic carbocycles. The molecule has 0 saturated heterocycles. The summed E-state index contributed by atoms with van der Waals surface area (Å²) in [5.74, 6) is -0.139. The topological polar surface area (TPSA) is 127 Å². The van der Waals surface area contributed by atoms with Crippen molar-refractivity contribution >= 4 is 39.3 Å². The summed E-state index contributed by atoms with van der Waals surface area (Å²) < 4.78 is 5.74. The Morgan fingerprint density at radius 2 is 1.69 bits per heavy atom. The van der Waals surface area contributed by atoms with Gasteiger partial charge in [-0.25, -0.2) is 0 Å². The van der Waals surface area contributed by atoms with Crippen molar-refractivity contribution < 1.29 is 9.21 Å². The summed E-state index contributed by atoms with van der Waals surface area (Å²) in [5.41, 5.74) is 2.99. The predicted molar refractivity (Wildman–Crippen MR) is 117 cm³/mol. The first kappa shape index (κ1) is 19.1. The Hall–Kier alpha value is -4.84. The first-order valence-electron chi connectivity index (χ1n) is 9.31. The number of Topliss-reactive ketones (excluding diaryl/α,β-unsaturated/α-hetero) is 1. The predicted octanol–water partition coefficient (Wildman–Crippen LogP) is 4.90. The van der Waals surface area contributed by atoms with Gasteiger partial charge < -0.3 is 4.42 Å². The van der Waals surface area contributed by atoms with Crippen LogP contribution in [0.3, 0.4) is 0 Å². The molecule has 7 nitrogen and oxygen atoms in total. The SMILES string of the molecule is N#CC(C#N)=C1/C(=C/c2nc3sc(-c4ccc(C#N)cc4)nc3o2)C(=O)c2ccccc21. The number of thiazole rings is 1. The molecule has 2 heterocycles. The molecule has 5 rings (SSSR count). The van der Waals surface area contributed by atoms with Gasteiger partial charge in [0.25, 0.3) is 5.71 Å². The molecule has 0 radical (unpaired) electrons. The molecule has 32 heavy (non-hydrogen) atoms. The zero-order valence-corrected chi connectivity index (χ0v) is 17.0. The fraction of sp³-hybridized carbons (Fsp3) is 0. The van der Waals surface area contributed by atoms with E-state index in [4.69, 9.17) is 9.68 Å². The van der Waals surface area contributed by atoms with E-state index >= 15 is 0 Å². The lowest BCUT2D eigenvalue weighted by Crippen LogP contribution is -1.96. The summed E-state index contributed by atoms with van der Waals surface area (Å²) >= 11 is 1.32. The fourth-order valence-electron chi connectivity index (χ4n) is 3.50. The quantitative estimate of drug-likeness (QED) is 0.326. The monoisotopic (exact) mass is 431 g/mol. The van der Waals surface area contributed by atoms with Crippen molar-refractivity contribution in [3.63, 3.8) is 0 Å². The number of nitrogens with zero attached hydrogens (tertiary/aromatic N) is 5. The van der Waals surface area contributed by atoms with E-state index in [1.807, 2.05) is 12.1 Å². The Morgan fingerprint density at radius 1 is 0.969 bits per heavy atom. The average Bonchev–Trinajstić information content (AvgIpc) is 3.47. The second-order valence-electron chi connectivity index (χ2n) is 6.78. The standard InChI is InChI=1S/C24H9N5O2S/c25-10-13-5-7-14(8-6-13)23-29-22-24(32-23)28-19(31-22)9-18-20(15(11-26)12-27)16-3-1-2-4-17(16)21(18)30/h1-9H/b18-9-. The molecule has 1 aliphatic carbocycles. The minimum atomic E-state index is -0.300. The summed E-state index contributed by atoms with van der Waals surface area (Å²) in [7, 11) is 0. The van der Waals surface area contributed by atoms with E-state index in [9.17, 15) is 15.3 Å². The van der Waals surface area contributed by atoms with Crippen molar-refractivity contribution in [3.8, 4) is 28.8 Å². The van der Waals surface area contributed by atoms with Gasteiger partial charge >= 0.3 is 0 Å². The summed E-state index contributed by atoms with van der Waals surface area (Å²) in [6.07, 6.45) is 1.45. The third-order valence-corrected chi connectivity index (χ3v) is 5.93. The Bertz CT molecular complexity index is 1570. The third-order valence-electron chi connectivity index (χ3n) is 4.95. The van der Waals surface area contributed by atoms with Crippen LogP contribution in [-0.2, 0) is 0 Å². The molecule has 0 fully saturated rings. The Labute approximate surface area is 185 Å². The van der Waals surface area contributed by atoms with Crippen LogP contribution in [0.5, 0.6) is 0 Å². The highest BCUT2D eigenvalue weighted by Gasteiger charge is 2.32. The maximum atomic E-state index is 13.0. The number of ketones is 1. The van der Waals surface area contributed by atoms with E-state index in [1.54, 1.807) is 48.5 Å². The molecule has 4 aromatic rings. The molecule has 148 valence electrons. The zero-order valence-electron chi connectivity index (χ0n) is 16.2. The highest BCUT2D eigenvalue weighted by Crippen LogP contribution is 2.40. The number of aromatic nitrogens is 2. The molecular weight excluding hydrogens is 422 g/mol. The van der Waals surface area contributed by atoms with Crippen molar-refractivity contribution in [1.82, 2.24) is 9.97 Å². The largest absolute Gasteiger partial charge is 0.417 e. The second-order valence-corrected chi connectivity index (χ2v) is 7.75. The number of rotatable bonds is 2. The zero-order chi connectivity index (χ0) is 22.2. The van der Waals surface area contributed by atoms with E-state index in [2.05, 4.69) is 16.0 Å². The second kappa shape index (κ2) is 7.45. The molecule has 0 N–H and O–H groups in total. The van der Waals surface area contributed by atoms with Crippen LogP contribution in [0.15, 0.2) is 64.1 Å². The number of oxazole rings is 1. The fourth-order valence-corrected chi connectivity index (χ4v) is 4.38. The van der Waals surface area contributed by atoms with Gasteiger partial charge in [-0.05, 0) is 17.7 Å². The molecule has 0 aliphatic heterocycles. The third kappa shape index (κ3) is 2.98. The normalized spacial score (nSPS) is 13.6. The molecular formula is C24H9N5O2S. The minimum absolute atomic E-state index is 0.149. The lowest BCUT2D eigenvalue weighted by Gasteiger charge is -2.00. The highest BCUT2D eigenvalue weighted by molar-refractivity contribution is 7.21. The summed E-state index contributed by atoms with van der Waals surface area (Å²) in [4.78, 5) is 22.4.